The van der Waals surface area contributed by atoms with Crippen LogP contribution in [0.1, 0.15) is 26.7 Å². The van der Waals surface area contributed by atoms with E-state index in [1.54, 1.807) is 0 Å². The normalized spacial score (nSPS) is 35.0. The van der Waals surface area contributed by atoms with Crippen molar-refractivity contribution in [2.75, 3.05) is 13.1 Å². The van der Waals surface area contributed by atoms with Gasteiger partial charge in [-0.2, -0.15) is 0 Å². The number of nitrogens with zero attached hydrogens (tertiary/aromatic N) is 2. The van der Waals surface area contributed by atoms with Gasteiger partial charge in [0.2, 0.25) is 5.91 Å². The van der Waals surface area contributed by atoms with E-state index < -0.39 is 0 Å². The first-order valence-corrected chi connectivity index (χ1v) is 4.46. The van der Waals surface area contributed by atoms with Gasteiger partial charge < -0.3 is 4.90 Å². The highest BCUT2D eigenvalue weighted by Gasteiger charge is 2.49. The Morgan fingerprint density at radius 3 is 3.00 bits per heavy atom. The van der Waals surface area contributed by atoms with E-state index in [1.807, 2.05) is 11.8 Å². The lowest BCUT2D eigenvalue weighted by Gasteiger charge is -2.49. The average molecular weight is 166 g/mol. The largest absolute Gasteiger partial charge is 0.331 e. The van der Waals surface area contributed by atoms with Gasteiger partial charge in [-0.15, -0.1) is 0 Å². The van der Waals surface area contributed by atoms with Crippen LogP contribution in [-0.4, -0.2) is 35.1 Å². The molecule has 0 spiro atoms. The Hall–Kier alpha value is -0.860. The molecular weight excluding hydrogens is 152 g/mol. The van der Waals surface area contributed by atoms with Crippen molar-refractivity contribution in [3.05, 3.63) is 0 Å². The maximum atomic E-state index is 11.2. The molecule has 0 radical (unpaired) electrons. The Labute approximate surface area is 72.5 Å². The molecule has 0 aromatic carbocycles. The fourth-order valence-electron chi connectivity index (χ4n) is 2.01. The molecule has 2 aliphatic heterocycles. The molecule has 2 aliphatic rings. The molecule has 0 bridgehead atoms. The predicted octanol–water partition coefficient (Wildman–Crippen LogP) is 0.842. The highest BCUT2D eigenvalue weighted by Crippen LogP contribution is 2.34. The summed E-state index contributed by atoms with van der Waals surface area (Å²) in [6, 6.07) is 0. The zero-order valence-corrected chi connectivity index (χ0v) is 7.63. The molecule has 1 unspecified atom stereocenters. The highest BCUT2D eigenvalue weighted by atomic mass is 16.2. The summed E-state index contributed by atoms with van der Waals surface area (Å²) in [5.41, 5.74) is 1.09. The van der Waals surface area contributed by atoms with E-state index in [0.29, 0.717) is 6.42 Å². The standard InChI is InChI=1S/C9H14N2O/c1-7-9(2)6-8(12)11(9)5-3-4-10-7/h3-6H2,1-2H3. The summed E-state index contributed by atoms with van der Waals surface area (Å²) < 4.78 is 0. The molecule has 1 amide bonds. The molecule has 2 heterocycles. The highest BCUT2D eigenvalue weighted by molar-refractivity contribution is 6.03. The van der Waals surface area contributed by atoms with E-state index in [9.17, 15) is 4.79 Å². The van der Waals surface area contributed by atoms with Crippen LogP contribution in [0, 0.1) is 0 Å². The molecule has 0 N–H and O–H groups in total. The molecule has 66 valence electrons. The molecule has 3 nitrogen and oxygen atoms in total. The van der Waals surface area contributed by atoms with Crippen LogP contribution in [0.3, 0.4) is 0 Å². The van der Waals surface area contributed by atoms with Crippen LogP contribution in [-0.2, 0) is 4.79 Å². The van der Waals surface area contributed by atoms with Crippen LogP contribution in [0.4, 0.5) is 0 Å². The van der Waals surface area contributed by atoms with Crippen LogP contribution in [0.2, 0.25) is 0 Å². The number of β-lactam (4-membered cyclic amide) rings is 1. The summed E-state index contributed by atoms with van der Waals surface area (Å²) in [6.45, 7) is 5.91. The summed E-state index contributed by atoms with van der Waals surface area (Å²) >= 11 is 0. The molecule has 0 aromatic heterocycles. The summed E-state index contributed by atoms with van der Waals surface area (Å²) in [7, 11) is 0. The summed E-state index contributed by atoms with van der Waals surface area (Å²) in [4.78, 5) is 17.6. The lowest BCUT2D eigenvalue weighted by atomic mass is 9.82. The maximum absolute atomic E-state index is 11.2. The molecule has 0 aromatic rings. The zero-order valence-electron chi connectivity index (χ0n) is 7.63. The Kier molecular flexibility index (Phi) is 1.50. The third-order valence-electron chi connectivity index (χ3n) is 3.06. The van der Waals surface area contributed by atoms with Gasteiger partial charge in [0.1, 0.15) is 0 Å². The van der Waals surface area contributed by atoms with Crippen molar-refractivity contribution in [2.45, 2.75) is 32.2 Å². The maximum Gasteiger partial charge on any atom is 0.226 e. The Balaban J connectivity index is 2.29. The third-order valence-corrected chi connectivity index (χ3v) is 3.06. The molecule has 0 saturated carbocycles. The molecular formula is C9H14N2O. The predicted molar refractivity (Wildman–Crippen MR) is 47.3 cm³/mol. The van der Waals surface area contributed by atoms with Gasteiger partial charge in [0.15, 0.2) is 0 Å². The van der Waals surface area contributed by atoms with Crippen molar-refractivity contribution >= 4 is 11.6 Å². The number of hydrogen-bond acceptors (Lipinski definition) is 2. The molecule has 0 aliphatic carbocycles. The van der Waals surface area contributed by atoms with Crippen molar-refractivity contribution in [3.8, 4) is 0 Å². The molecule has 1 fully saturated rings. The lowest BCUT2D eigenvalue weighted by Crippen LogP contribution is -2.65. The first kappa shape index (κ1) is 7.77. The van der Waals surface area contributed by atoms with Gasteiger partial charge in [-0.05, 0) is 20.3 Å². The quantitative estimate of drug-likeness (QED) is 0.491. The summed E-state index contributed by atoms with van der Waals surface area (Å²) in [6.07, 6.45) is 1.67. The van der Waals surface area contributed by atoms with Crippen molar-refractivity contribution in [1.82, 2.24) is 4.90 Å². The van der Waals surface area contributed by atoms with E-state index in [2.05, 4.69) is 11.9 Å². The second kappa shape index (κ2) is 2.31. The fraction of sp³-hybridized carbons (Fsp3) is 0.778. The fourth-order valence-corrected chi connectivity index (χ4v) is 2.01. The molecule has 1 atom stereocenters. The molecule has 3 heteroatoms. The van der Waals surface area contributed by atoms with Crippen LogP contribution >= 0.6 is 0 Å². The number of carbonyl (C=O) groups excluding carboxylic acids is 1. The number of hydrogen-bond donors (Lipinski definition) is 0. The van der Waals surface area contributed by atoms with Gasteiger partial charge in [-0.1, -0.05) is 0 Å². The number of fused-ring (bicyclic) bond motifs is 1. The monoisotopic (exact) mass is 166 g/mol. The first-order chi connectivity index (χ1) is 5.64. The lowest BCUT2D eigenvalue weighted by molar-refractivity contribution is -0.149. The Bertz CT molecular complexity index is 259. The summed E-state index contributed by atoms with van der Waals surface area (Å²) in [5, 5.41) is 0. The number of amides is 1. The van der Waals surface area contributed by atoms with E-state index in [-0.39, 0.29) is 11.4 Å². The van der Waals surface area contributed by atoms with Gasteiger partial charge in [0.05, 0.1) is 12.0 Å². The number of carbonyl (C=O) groups is 1. The van der Waals surface area contributed by atoms with E-state index in [1.165, 1.54) is 0 Å². The van der Waals surface area contributed by atoms with Crippen LogP contribution in [0.25, 0.3) is 0 Å². The van der Waals surface area contributed by atoms with E-state index in [0.717, 1.165) is 25.2 Å². The van der Waals surface area contributed by atoms with Crippen molar-refractivity contribution in [2.24, 2.45) is 4.99 Å². The SMILES string of the molecule is CC1=NCCCN2C(=O)CC12C. The van der Waals surface area contributed by atoms with Gasteiger partial charge in [-0.3, -0.25) is 9.79 Å². The summed E-state index contributed by atoms with van der Waals surface area (Å²) in [5.74, 6) is 0.286. The van der Waals surface area contributed by atoms with Crippen LogP contribution in [0.15, 0.2) is 4.99 Å². The topological polar surface area (TPSA) is 32.7 Å². The minimum atomic E-state index is -0.0341. The van der Waals surface area contributed by atoms with Crippen LogP contribution in [0.5, 0.6) is 0 Å². The molecule has 12 heavy (non-hydrogen) atoms. The van der Waals surface area contributed by atoms with E-state index in [4.69, 9.17) is 0 Å². The van der Waals surface area contributed by atoms with Crippen molar-refractivity contribution < 1.29 is 4.79 Å². The van der Waals surface area contributed by atoms with Crippen molar-refractivity contribution in [1.29, 1.82) is 0 Å². The van der Waals surface area contributed by atoms with Gasteiger partial charge in [0.25, 0.3) is 0 Å². The van der Waals surface area contributed by atoms with Crippen LogP contribution < -0.4 is 0 Å². The second-order valence-electron chi connectivity index (χ2n) is 3.82. The molecule has 1 saturated heterocycles. The smallest absolute Gasteiger partial charge is 0.226 e. The third kappa shape index (κ3) is 0.822. The zero-order chi connectivity index (χ0) is 8.77. The Morgan fingerprint density at radius 1 is 1.58 bits per heavy atom. The number of aliphatic imine (C=N–C) groups is 1. The number of rotatable bonds is 0. The van der Waals surface area contributed by atoms with Gasteiger partial charge in [-0.25, -0.2) is 0 Å². The van der Waals surface area contributed by atoms with Gasteiger partial charge >= 0.3 is 0 Å². The minimum Gasteiger partial charge on any atom is -0.331 e. The average Bonchev–Trinajstić information content (AvgIpc) is 2.11. The molecule has 2 rings (SSSR count). The van der Waals surface area contributed by atoms with Gasteiger partial charge in [0, 0.05) is 18.8 Å². The minimum absolute atomic E-state index is 0.0341. The first-order valence-electron chi connectivity index (χ1n) is 4.46. The van der Waals surface area contributed by atoms with E-state index >= 15 is 0 Å². The second-order valence-corrected chi connectivity index (χ2v) is 3.82. The Morgan fingerprint density at radius 2 is 2.33 bits per heavy atom. The van der Waals surface area contributed by atoms with Crippen molar-refractivity contribution in [3.63, 3.8) is 0 Å².